The van der Waals surface area contributed by atoms with Crippen LogP contribution in [0, 0.1) is 5.82 Å². The van der Waals surface area contributed by atoms with E-state index < -0.39 is 0 Å². The molecule has 94 valence electrons. The molecule has 1 atom stereocenters. The molecule has 4 nitrogen and oxygen atoms in total. The van der Waals surface area contributed by atoms with E-state index in [-0.39, 0.29) is 11.9 Å². The lowest BCUT2D eigenvalue weighted by atomic mass is 10.00. The maximum atomic E-state index is 13.2. The average molecular weight is 246 g/mol. The molecule has 18 heavy (non-hydrogen) atoms. The monoisotopic (exact) mass is 246 g/mol. The topological polar surface area (TPSA) is 77.0 Å². The molecular weight excluding hydrogens is 231 g/mol. The van der Waals surface area contributed by atoms with Gasteiger partial charge in [0, 0.05) is 6.20 Å². The third-order valence-corrected chi connectivity index (χ3v) is 2.74. The van der Waals surface area contributed by atoms with E-state index in [0.717, 1.165) is 11.1 Å². The summed E-state index contributed by atoms with van der Waals surface area (Å²) in [5.74, 6) is 5.71. The first-order chi connectivity index (χ1) is 8.69. The molecule has 0 amide bonds. The van der Waals surface area contributed by atoms with Gasteiger partial charge in [0.15, 0.2) is 0 Å². The fourth-order valence-electron chi connectivity index (χ4n) is 1.85. The molecule has 1 aromatic heterocycles. The molecule has 0 fully saturated rings. The van der Waals surface area contributed by atoms with Gasteiger partial charge in [0.2, 0.25) is 0 Å². The summed E-state index contributed by atoms with van der Waals surface area (Å²) < 4.78 is 13.2. The van der Waals surface area contributed by atoms with Crippen LogP contribution in [0.5, 0.6) is 0 Å². The van der Waals surface area contributed by atoms with E-state index in [4.69, 9.17) is 11.6 Å². The van der Waals surface area contributed by atoms with E-state index in [9.17, 15) is 4.39 Å². The Labute approximate surface area is 105 Å². The first-order valence-electron chi connectivity index (χ1n) is 5.61. The van der Waals surface area contributed by atoms with Crippen LogP contribution in [0.2, 0.25) is 0 Å². The average Bonchev–Trinajstić information content (AvgIpc) is 2.36. The van der Waals surface area contributed by atoms with Crippen LogP contribution in [0.25, 0.3) is 0 Å². The lowest BCUT2D eigenvalue weighted by Crippen LogP contribution is -2.29. The van der Waals surface area contributed by atoms with Crippen molar-refractivity contribution in [3.05, 3.63) is 59.5 Å². The SMILES string of the molecule is NNC(Cc1ccnc(N)c1)c1cccc(F)c1. The molecule has 5 N–H and O–H groups in total. The Morgan fingerprint density at radius 3 is 2.78 bits per heavy atom. The Morgan fingerprint density at radius 1 is 1.28 bits per heavy atom. The smallest absolute Gasteiger partial charge is 0.123 e. The zero-order chi connectivity index (χ0) is 13.0. The number of nitrogen functional groups attached to an aromatic ring is 1. The van der Waals surface area contributed by atoms with Crippen LogP contribution in [-0.2, 0) is 6.42 Å². The molecular formula is C13H15FN4. The quantitative estimate of drug-likeness (QED) is 0.565. The third-order valence-electron chi connectivity index (χ3n) is 2.74. The Hall–Kier alpha value is -1.98. The highest BCUT2D eigenvalue weighted by atomic mass is 19.1. The first-order valence-corrected chi connectivity index (χ1v) is 5.61. The van der Waals surface area contributed by atoms with Gasteiger partial charge >= 0.3 is 0 Å². The molecule has 0 saturated heterocycles. The lowest BCUT2D eigenvalue weighted by molar-refractivity contribution is 0.544. The van der Waals surface area contributed by atoms with Crippen molar-refractivity contribution in [2.45, 2.75) is 12.5 Å². The van der Waals surface area contributed by atoms with Crippen LogP contribution in [-0.4, -0.2) is 4.98 Å². The molecule has 0 aliphatic heterocycles. The van der Waals surface area contributed by atoms with Gasteiger partial charge < -0.3 is 5.73 Å². The van der Waals surface area contributed by atoms with Crippen LogP contribution in [0.1, 0.15) is 17.2 Å². The summed E-state index contributed by atoms with van der Waals surface area (Å²) >= 11 is 0. The summed E-state index contributed by atoms with van der Waals surface area (Å²) in [6.07, 6.45) is 2.26. The zero-order valence-corrected chi connectivity index (χ0v) is 9.81. The molecule has 0 aliphatic carbocycles. The van der Waals surface area contributed by atoms with Crippen LogP contribution in [0.3, 0.4) is 0 Å². The van der Waals surface area contributed by atoms with Crippen molar-refractivity contribution in [3.8, 4) is 0 Å². The van der Waals surface area contributed by atoms with Crippen molar-refractivity contribution in [3.63, 3.8) is 0 Å². The van der Waals surface area contributed by atoms with Crippen LogP contribution < -0.4 is 17.0 Å². The van der Waals surface area contributed by atoms with Gasteiger partial charge in [0.25, 0.3) is 0 Å². The van der Waals surface area contributed by atoms with Crippen LogP contribution in [0.4, 0.5) is 10.2 Å². The van der Waals surface area contributed by atoms with Gasteiger partial charge in [0.05, 0.1) is 6.04 Å². The van der Waals surface area contributed by atoms with Crippen LogP contribution >= 0.6 is 0 Å². The van der Waals surface area contributed by atoms with Crippen molar-refractivity contribution in [2.24, 2.45) is 5.84 Å². The van der Waals surface area contributed by atoms with Crippen molar-refractivity contribution in [2.75, 3.05) is 5.73 Å². The first kappa shape index (κ1) is 12.5. The van der Waals surface area contributed by atoms with Gasteiger partial charge in [-0.25, -0.2) is 9.37 Å². The van der Waals surface area contributed by atoms with E-state index >= 15 is 0 Å². The highest BCUT2D eigenvalue weighted by Crippen LogP contribution is 2.19. The molecule has 2 rings (SSSR count). The number of hydrogen-bond donors (Lipinski definition) is 3. The van der Waals surface area contributed by atoms with Gasteiger partial charge in [-0.15, -0.1) is 0 Å². The predicted octanol–water partition coefficient (Wildman–Crippen LogP) is 1.55. The number of hydrogen-bond acceptors (Lipinski definition) is 4. The second-order valence-electron chi connectivity index (χ2n) is 4.07. The molecule has 0 radical (unpaired) electrons. The Kier molecular flexibility index (Phi) is 3.86. The summed E-state index contributed by atoms with van der Waals surface area (Å²) in [7, 11) is 0. The number of nitrogens with one attached hydrogen (secondary N) is 1. The minimum absolute atomic E-state index is 0.164. The summed E-state index contributed by atoms with van der Waals surface area (Å²) in [6.45, 7) is 0. The number of halogens is 1. The number of pyridine rings is 1. The highest BCUT2D eigenvalue weighted by molar-refractivity contribution is 5.33. The van der Waals surface area contributed by atoms with E-state index in [1.807, 2.05) is 12.1 Å². The normalized spacial score (nSPS) is 12.3. The second-order valence-corrected chi connectivity index (χ2v) is 4.07. The van der Waals surface area contributed by atoms with Crippen molar-refractivity contribution in [1.82, 2.24) is 10.4 Å². The highest BCUT2D eigenvalue weighted by Gasteiger charge is 2.11. The fourth-order valence-corrected chi connectivity index (χ4v) is 1.85. The predicted molar refractivity (Wildman–Crippen MR) is 68.8 cm³/mol. The van der Waals surface area contributed by atoms with Gasteiger partial charge in [-0.3, -0.25) is 11.3 Å². The maximum Gasteiger partial charge on any atom is 0.123 e. The number of anilines is 1. The van der Waals surface area contributed by atoms with Gasteiger partial charge in [0.1, 0.15) is 11.6 Å². The Bertz CT molecular complexity index is 530. The third kappa shape index (κ3) is 3.03. The number of nitrogens with zero attached hydrogens (tertiary/aromatic N) is 1. The van der Waals surface area contributed by atoms with Crippen molar-refractivity contribution < 1.29 is 4.39 Å². The van der Waals surface area contributed by atoms with Crippen molar-refractivity contribution in [1.29, 1.82) is 0 Å². The Morgan fingerprint density at radius 2 is 2.11 bits per heavy atom. The minimum Gasteiger partial charge on any atom is -0.384 e. The Balaban J connectivity index is 2.19. The van der Waals surface area contributed by atoms with Gasteiger partial charge in [-0.05, 0) is 41.8 Å². The molecule has 0 aliphatic rings. The second kappa shape index (κ2) is 5.57. The van der Waals surface area contributed by atoms with Gasteiger partial charge in [-0.1, -0.05) is 12.1 Å². The number of hydrazine groups is 1. The van der Waals surface area contributed by atoms with Gasteiger partial charge in [-0.2, -0.15) is 0 Å². The summed E-state index contributed by atoms with van der Waals surface area (Å²) in [6, 6.07) is 9.84. The number of benzene rings is 1. The van der Waals surface area contributed by atoms with E-state index in [2.05, 4.69) is 10.4 Å². The lowest BCUT2D eigenvalue weighted by Gasteiger charge is -2.16. The van der Waals surface area contributed by atoms with E-state index in [1.54, 1.807) is 18.3 Å². The zero-order valence-electron chi connectivity index (χ0n) is 9.81. The molecule has 1 heterocycles. The van der Waals surface area contributed by atoms with Crippen molar-refractivity contribution >= 4 is 5.82 Å². The molecule has 1 aromatic carbocycles. The molecule has 1 unspecified atom stereocenters. The minimum atomic E-state index is -0.276. The fraction of sp³-hybridized carbons (Fsp3) is 0.154. The molecule has 0 saturated carbocycles. The van der Waals surface area contributed by atoms with E-state index in [1.165, 1.54) is 12.1 Å². The molecule has 5 heteroatoms. The number of aromatic nitrogens is 1. The maximum absolute atomic E-state index is 13.2. The summed E-state index contributed by atoms with van der Waals surface area (Å²) in [5.41, 5.74) is 10.1. The number of rotatable bonds is 4. The summed E-state index contributed by atoms with van der Waals surface area (Å²) in [5, 5.41) is 0. The van der Waals surface area contributed by atoms with E-state index in [0.29, 0.717) is 12.2 Å². The molecule has 2 aromatic rings. The molecule has 0 spiro atoms. The standard InChI is InChI=1S/C13H15FN4/c14-11-3-1-2-10(8-11)12(18-16)6-9-4-5-17-13(15)7-9/h1-5,7-8,12,18H,6,16H2,(H2,15,17). The number of nitrogens with two attached hydrogens (primary N) is 2. The van der Waals surface area contributed by atoms with Crippen LogP contribution in [0.15, 0.2) is 42.6 Å². The largest absolute Gasteiger partial charge is 0.384 e. The summed E-state index contributed by atoms with van der Waals surface area (Å²) in [4.78, 5) is 3.93. The molecule has 0 bridgehead atoms.